The molecule has 0 aromatic heterocycles. The van der Waals surface area contributed by atoms with Crippen LogP contribution in [0, 0.1) is 0 Å². The average Bonchev–Trinajstić information content (AvgIpc) is 3.49. The van der Waals surface area contributed by atoms with Gasteiger partial charge in [-0.25, -0.2) is 0 Å². The second-order valence-corrected chi connectivity index (χ2v) is 15.5. The molecule has 0 bridgehead atoms. The Bertz CT molecular complexity index is 1560. The van der Waals surface area contributed by atoms with Gasteiger partial charge in [-0.2, -0.15) is 4.58 Å². The van der Waals surface area contributed by atoms with Gasteiger partial charge in [0.2, 0.25) is 11.6 Å². The number of halogens is 4. The van der Waals surface area contributed by atoms with Crippen LogP contribution in [0.3, 0.4) is 0 Å². The van der Waals surface area contributed by atoms with Crippen LogP contribution in [0.4, 0.5) is 11.4 Å². The van der Waals surface area contributed by atoms with E-state index < -0.39 is 0 Å². The van der Waals surface area contributed by atoms with Crippen LogP contribution in [0.25, 0.3) is 0 Å². The zero-order chi connectivity index (χ0) is 37.2. The molecule has 316 valence electrons. The van der Waals surface area contributed by atoms with Crippen molar-refractivity contribution >= 4 is 60.2 Å². The minimum Gasteiger partial charge on any atom is -1.00 e. The molecule has 5 N–H and O–H groups in total. The number of benzene rings is 2. The summed E-state index contributed by atoms with van der Waals surface area (Å²) < 4.78 is 2.51. The van der Waals surface area contributed by atoms with E-state index in [1.165, 1.54) is 59.6 Å². The van der Waals surface area contributed by atoms with Crippen molar-refractivity contribution in [2.45, 2.75) is 110 Å². The molecule has 2 heterocycles. The molecule has 2 aliphatic heterocycles. The van der Waals surface area contributed by atoms with Crippen molar-refractivity contribution in [3.8, 4) is 0 Å². The lowest BCUT2D eigenvalue weighted by atomic mass is 9.81. The summed E-state index contributed by atoms with van der Waals surface area (Å²) in [5.74, 6) is 0.173. The first-order chi connectivity index (χ1) is 25.2. The van der Waals surface area contributed by atoms with E-state index in [1.807, 2.05) is 0 Å². The van der Waals surface area contributed by atoms with E-state index in [2.05, 4.69) is 139 Å². The fraction of sp³-hybridized carbons (Fsp3) is 0.556. The van der Waals surface area contributed by atoms with Gasteiger partial charge >= 0.3 is 0 Å². The second kappa shape index (κ2) is 28.3. The molecule has 0 radical (unpaired) electrons. The Morgan fingerprint density at radius 2 is 1.38 bits per heavy atom. The highest BCUT2D eigenvalue weighted by Crippen LogP contribution is 2.47. The third-order valence-electron chi connectivity index (χ3n) is 10.7. The van der Waals surface area contributed by atoms with Gasteiger partial charge in [0.25, 0.3) is 0 Å². The first-order valence-electron chi connectivity index (χ1n) is 20.3. The molecule has 0 saturated heterocycles. The summed E-state index contributed by atoms with van der Waals surface area (Å²) in [4.78, 5) is 15.0. The Hall–Kier alpha value is -2.17. The third-order valence-corrected chi connectivity index (χ3v) is 10.7. The number of unbranched alkanes of at least 4 members (excludes halogenated alkanes) is 4. The van der Waals surface area contributed by atoms with Crippen LogP contribution >= 0.6 is 37.2 Å². The molecule has 56 heavy (non-hydrogen) atoms. The lowest BCUT2D eigenvalue weighted by molar-refractivity contribution is -0.438. The Morgan fingerprint density at radius 3 is 2.07 bits per heavy atom. The number of para-hydroxylation sites is 2. The van der Waals surface area contributed by atoms with Gasteiger partial charge in [-0.15, -0.1) is 37.2 Å². The highest BCUT2D eigenvalue weighted by Gasteiger charge is 2.44. The van der Waals surface area contributed by atoms with Gasteiger partial charge in [-0.1, -0.05) is 81.8 Å². The number of carbonyl (C=O) groups is 1. The zero-order valence-corrected chi connectivity index (χ0v) is 38.8. The summed E-state index contributed by atoms with van der Waals surface area (Å²) in [6.45, 7) is 19.2. The topological polar surface area (TPSA) is 85.4 Å². The summed E-state index contributed by atoms with van der Waals surface area (Å²) in [7, 11) is 0. The Labute approximate surface area is 368 Å². The first kappa shape index (κ1) is 53.8. The lowest BCUT2D eigenvalue weighted by Crippen LogP contribution is -3.00. The van der Waals surface area contributed by atoms with Crippen molar-refractivity contribution in [3.05, 3.63) is 95.7 Å². The van der Waals surface area contributed by atoms with Crippen molar-refractivity contribution < 1.29 is 26.4 Å². The largest absolute Gasteiger partial charge is 1.00 e. The van der Waals surface area contributed by atoms with E-state index in [-0.39, 0.29) is 70.9 Å². The maximum atomic E-state index is 12.5. The molecule has 0 aliphatic carbocycles. The monoisotopic (exact) mass is 896 g/mol. The van der Waals surface area contributed by atoms with Crippen molar-refractivity contribution in [1.82, 2.24) is 16.0 Å². The number of amides is 1. The molecule has 4 rings (SSSR count). The van der Waals surface area contributed by atoms with Gasteiger partial charge < -0.3 is 43.6 Å². The lowest BCUT2D eigenvalue weighted by Gasteiger charge is -2.27. The summed E-state index contributed by atoms with van der Waals surface area (Å²) in [5.41, 5.74) is 13.5. The van der Waals surface area contributed by atoms with Gasteiger partial charge in [0.1, 0.15) is 6.54 Å². The fourth-order valence-electron chi connectivity index (χ4n) is 7.68. The van der Waals surface area contributed by atoms with Crippen LogP contribution in [0.1, 0.15) is 110 Å². The van der Waals surface area contributed by atoms with E-state index in [4.69, 9.17) is 5.73 Å². The zero-order valence-electron chi connectivity index (χ0n) is 34.7. The molecular formula is C45H72BrCl3N6O. The Kier molecular flexibility index (Phi) is 27.2. The van der Waals surface area contributed by atoms with Crippen LogP contribution in [-0.2, 0) is 15.6 Å². The fourth-order valence-corrected chi connectivity index (χ4v) is 7.68. The van der Waals surface area contributed by atoms with Crippen molar-refractivity contribution in [2.24, 2.45) is 5.73 Å². The number of carbonyl (C=O) groups excluding carboxylic acids is 1. The van der Waals surface area contributed by atoms with E-state index in [0.29, 0.717) is 6.42 Å². The molecule has 0 atom stereocenters. The number of nitrogens with two attached hydrogens (primary N) is 1. The minimum atomic E-state index is -0.0815. The molecule has 0 spiro atoms. The summed E-state index contributed by atoms with van der Waals surface area (Å²) in [6, 6.07) is 17.7. The smallest absolute Gasteiger partial charge is 0.219 e. The Balaban J connectivity index is 0.00000756. The van der Waals surface area contributed by atoms with Crippen LogP contribution < -0.4 is 43.6 Å². The molecule has 2 aromatic carbocycles. The third kappa shape index (κ3) is 15.2. The van der Waals surface area contributed by atoms with Crippen LogP contribution in [-0.4, -0.2) is 68.6 Å². The number of fused-ring (bicyclic) bond motifs is 2. The van der Waals surface area contributed by atoms with E-state index >= 15 is 0 Å². The number of allylic oxidation sites excluding steroid dienone is 6. The van der Waals surface area contributed by atoms with E-state index in [9.17, 15) is 4.79 Å². The van der Waals surface area contributed by atoms with Crippen molar-refractivity contribution in [2.75, 3.05) is 57.3 Å². The van der Waals surface area contributed by atoms with Crippen LogP contribution in [0.5, 0.6) is 0 Å². The number of hydrogen-bond acceptors (Lipinski definition) is 5. The van der Waals surface area contributed by atoms with E-state index in [0.717, 1.165) is 84.5 Å². The standard InChI is InChI=1S/C45H68N6O.BrH.3ClH/c1-6-7-35-50-39-24-15-13-22-37(39)44(2,3)41(50)26-10-8-11-27-42-45(4,5)38-23-14-16-25-40(38)51(42)36-19-9-12-28-43(52)49-34-21-33-48-31-18-17-30-47-32-20-29-46;;;;/h8,10-11,13-16,22-27,47-48H,6-7,9,12,17-21,28-36,46H2,1-5H3;4*1H. The first-order valence-corrected chi connectivity index (χ1v) is 20.3. The minimum absolute atomic E-state index is 0. The van der Waals surface area contributed by atoms with Gasteiger partial charge in [0.05, 0.1) is 5.41 Å². The number of nitrogens with one attached hydrogen (secondary N) is 3. The molecule has 7 nitrogen and oxygen atoms in total. The van der Waals surface area contributed by atoms with Crippen LogP contribution in [0.2, 0.25) is 0 Å². The predicted octanol–water partition coefficient (Wildman–Crippen LogP) is 6.30. The maximum Gasteiger partial charge on any atom is 0.219 e. The second-order valence-electron chi connectivity index (χ2n) is 15.5. The van der Waals surface area contributed by atoms with Crippen LogP contribution in [0.15, 0.2) is 84.6 Å². The number of hydrogen-bond donors (Lipinski definition) is 4. The van der Waals surface area contributed by atoms with Gasteiger partial charge in [-0.3, -0.25) is 4.79 Å². The molecule has 0 unspecified atom stereocenters. The molecule has 11 heteroatoms. The quantitative estimate of drug-likeness (QED) is 0.0566. The molecular weight excluding hydrogens is 827 g/mol. The van der Waals surface area contributed by atoms with Gasteiger partial charge in [0.15, 0.2) is 5.71 Å². The normalized spacial score (nSPS) is 15.6. The highest BCUT2D eigenvalue weighted by molar-refractivity contribution is 6.03. The maximum absolute atomic E-state index is 12.5. The van der Waals surface area contributed by atoms with Gasteiger partial charge in [0, 0.05) is 60.4 Å². The molecule has 2 aliphatic rings. The molecule has 0 fully saturated rings. The van der Waals surface area contributed by atoms with E-state index in [1.54, 1.807) is 0 Å². The van der Waals surface area contributed by atoms with Crippen molar-refractivity contribution in [1.29, 1.82) is 0 Å². The number of anilines is 1. The summed E-state index contributed by atoms with van der Waals surface area (Å²) >= 11 is 0. The number of rotatable bonds is 24. The number of nitrogens with zero attached hydrogens (tertiary/aromatic N) is 2. The predicted molar refractivity (Wildman–Crippen MR) is 244 cm³/mol. The molecule has 1 amide bonds. The highest BCUT2D eigenvalue weighted by atomic mass is 79.9. The SMILES string of the molecule is CCCCN1C(=CC=CC=CC2=[N+](CCCCCC(=O)NCCCNCCCCNCCCN)c3ccccc3C2(C)C)C(C)(C)c2ccccc21.Cl.Cl.Cl.[Br-]. The Morgan fingerprint density at radius 1 is 0.732 bits per heavy atom. The summed E-state index contributed by atoms with van der Waals surface area (Å²) in [5, 5.41) is 10.0. The molecule has 2 aromatic rings. The molecule has 0 saturated carbocycles. The van der Waals surface area contributed by atoms with Crippen molar-refractivity contribution in [3.63, 3.8) is 0 Å². The summed E-state index contributed by atoms with van der Waals surface area (Å²) in [6.07, 6.45) is 21.5. The van der Waals surface area contributed by atoms with Gasteiger partial charge in [-0.05, 0) is 109 Å². The average molecular weight is 899 g/mol.